The lowest BCUT2D eigenvalue weighted by molar-refractivity contribution is -0.00532. The Morgan fingerprint density at radius 2 is 2.08 bits per heavy atom. The molecule has 0 aliphatic carbocycles. The van der Waals surface area contributed by atoms with Gasteiger partial charge in [0.2, 0.25) is 0 Å². The molecule has 1 rings (SSSR count). The molecule has 2 heteroatoms. The van der Waals surface area contributed by atoms with Crippen molar-refractivity contribution in [3.63, 3.8) is 0 Å². The summed E-state index contributed by atoms with van der Waals surface area (Å²) in [5.41, 5.74) is -0.428. The molecule has 13 heavy (non-hydrogen) atoms. The largest absolute Gasteiger partial charge is 0.390 e. The number of rotatable bonds is 3. The second kappa shape index (κ2) is 4.64. The Hall–Kier alpha value is -0.520. The molecule has 1 aliphatic heterocycles. The molecule has 0 atom stereocenters. The van der Waals surface area contributed by atoms with Gasteiger partial charge in [-0.3, -0.25) is 0 Å². The molecule has 1 saturated heterocycles. The van der Waals surface area contributed by atoms with E-state index >= 15 is 0 Å². The first-order valence-corrected chi connectivity index (χ1v) is 5.02. The summed E-state index contributed by atoms with van der Waals surface area (Å²) in [6, 6.07) is 0. The third-order valence-electron chi connectivity index (χ3n) is 2.73. The Kier molecular flexibility index (Phi) is 3.77. The molecule has 0 saturated carbocycles. The normalized spacial score (nSPS) is 22.5. The lowest BCUT2D eigenvalue weighted by Crippen LogP contribution is -2.42. The van der Waals surface area contributed by atoms with Crippen molar-refractivity contribution in [1.29, 1.82) is 0 Å². The number of aliphatic hydroxyl groups is 1. The van der Waals surface area contributed by atoms with Crippen LogP contribution in [0.5, 0.6) is 0 Å². The summed E-state index contributed by atoms with van der Waals surface area (Å²) in [5, 5.41) is 9.70. The smallest absolute Gasteiger partial charge is 0.0644 e. The van der Waals surface area contributed by atoms with Crippen LogP contribution in [-0.2, 0) is 0 Å². The van der Waals surface area contributed by atoms with Crippen LogP contribution in [0.2, 0.25) is 0 Å². The molecular formula is C11H19NO. The summed E-state index contributed by atoms with van der Waals surface area (Å²) in [6.45, 7) is 5.03. The van der Waals surface area contributed by atoms with Gasteiger partial charge in [0, 0.05) is 19.5 Å². The lowest BCUT2D eigenvalue weighted by Gasteiger charge is -2.35. The Morgan fingerprint density at radius 1 is 1.46 bits per heavy atom. The van der Waals surface area contributed by atoms with Gasteiger partial charge in [0.05, 0.1) is 5.60 Å². The molecule has 0 spiro atoms. The van der Waals surface area contributed by atoms with Crippen LogP contribution in [0, 0.1) is 12.3 Å². The van der Waals surface area contributed by atoms with Gasteiger partial charge < -0.3 is 10.0 Å². The zero-order chi connectivity index (χ0) is 9.73. The van der Waals surface area contributed by atoms with E-state index in [1.807, 2.05) is 6.92 Å². The highest BCUT2D eigenvalue weighted by Crippen LogP contribution is 2.20. The molecule has 1 N–H and O–H groups in total. The Morgan fingerprint density at radius 3 is 2.62 bits per heavy atom. The molecule has 1 heterocycles. The number of nitrogens with zero attached hydrogens (tertiary/aromatic N) is 1. The fraction of sp³-hybridized carbons (Fsp3) is 0.818. The van der Waals surface area contributed by atoms with E-state index in [-0.39, 0.29) is 0 Å². The molecule has 0 aromatic rings. The number of hydrogen-bond donors (Lipinski definition) is 1. The van der Waals surface area contributed by atoms with Crippen molar-refractivity contribution in [1.82, 2.24) is 4.90 Å². The third-order valence-corrected chi connectivity index (χ3v) is 2.73. The SMILES string of the molecule is C#CCCCN1CCC(C)(O)CC1. The van der Waals surface area contributed by atoms with Crippen molar-refractivity contribution >= 4 is 0 Å². The molecule has 1 fully saturated rings. The first-order chi connectivity index (χ1) is 6.14. The van der Waals surface area contributed by atoms with Gasteiger partial charge in [0.25, 0.3) is 0 Å². The van der Waals surface area contributed by atoms with Crippen molar-refractivity contribution in [3.05, 3.63) is 0 Å². The van der Waals surface area contributed by atoms with E-state index in [1.165, 1.54) is 0 Å². The number of likely N-dealkylation sites (tertiary alicyclic amines) is 1. The van der Waals surface area contributed by atoms with Crippen LogP contribution in [0.1, 0.15) is 32.6 Å². The Bertz CT molecular complexity index is 183. The minimum atomic E-state index is -0.428. The zero-order valence-electron chi connectivity index (χ0n) is 8.42. The number of terminal acetylenes is 1. The van der Waals surface area contributed by atoms with Gasteiger partial charge in [-0.25, -0.2) is 0 Å². The third kappa shape index (κ3) is 3.80. The summed E-state index contributed by atoms with van der Waals surface area (Å²) in [7, 11) is 0. The quantitative estimate of drug-likeness (QED) is 0.523. The highest BCUT2D eigenvalue weighted by atomic mass is 16.3. The molecule has 0 unspecified atom stereocenters. The van der Waals surface area contributed by atoms with Crippen molar-refractivity contribution < 1.29 is 5.11 Å². The van der Waals surface area contributed by atoms with Crippen molar-refractivity contribution in [2.24, 2.45) is 0 Å². The van der Waals surface area contributed by atoms with E-state index in [9.17, 15) is 5.11 Å². The molecule has 0 bridgehead atoms. The number of hydrogen-bond acceptors (Lipinski definition) is 2. The van der Waals surface area contributed by atoms with Crippen molar-refractivity contribution in [2.45, 2.75) is 38.2 Å². The van der Waals surface area contributed by atoms with Crippen LogP contribution in [0.3, 0.4) is 0 Å². The highest BCUT2D eigenvalue weighted by Gasteiger charge is 2.26. The monoisotopic (exact) mass is 181 g/mol. The lowest BCUT2D eigenvalue weighted by atomic mass is 9.94. The van der Waals surface area contributed by atoms with Crippen LogP contribution in [-0.4, -0.2) is 35.2 Å². The predicted octanol–water partition coefficient (Wildman–Crippen LogP) is 1.25. The molecular weight excluding hydrogens is 162 g/mol. The van der Waals surface area contributed by atoms with Crippen molar-refractivity contribution in [2.75, 3.05) is 19.6 Å². The molecule has 1 aliphatic rings. The maximum Gasteiger partial charge on any atom is 0.0644 e. The van der Waals surface area contributed by atoms with Crippen LogP contribution in [0.25, 0.3) is 0 Å². The number of unbranched alkanes of at least 4 members (excludes halogenated alkanes) is 1. The molecule has 74 valence electrons. The van der Waals surface area contributed by atoms with Gasteiger partial charge in [-0.15, -0.1) is 12.3 Å². The predicted molar refractivity (Wildman–Crippen MR) is 54.4 cm³/mol. The van der Waals surface area contributed by atoms with E-state index in [4.69, 9.17) is 6.42 Å². The topological polar surface area (TPSA) is 23.5 Å². The summed E-state index contributed by atoms with van der Waals surface area (Å²) < 4.78 is 0. The first kappa shape index (κ1) is 10.6. The van der Waals surface area contributed by atoms with Crippen molar-refractivity contribution in [3.8, 4) is 12.3 Å². The van der Waals surface area contributed by atoms with Crippen LogP contribution < -0.4 is 0 Å². The van der Waals surface area contributed by atoms with Crippen LogP contribution >= 0.6 is 0 Å². The minimum absolute atomic E-state index is 0.428. The van der Waals surface area contributed by atoms with E-state index in [0.29, 0.717) is 0 Å². The average molecular weight is 181 g/mol. The van der Waals surface area contributed by atoms with E-state index < -0.39 is 5.60 Å². The van der Waals surface area contributed by atoms with Gasteiger partial charge in [-0.1, -0.05) is 0 Å². The maximum absolute atomic E-state index is 9.70. The second-order valence-electron chi connectivity index (χ2n) is 4.15. The highest BCUT2D eigenvalue weighted by molar-refractivity contribution is 4.85. The van der Waals surface area contributed by atoms with Gasteiger partial charge in [-0.2, -0.15) is 0 Å². The Labute approximate surface area is 80.9 Å². The van der Waals surface area contributed by atoms with E-state index in [2.05, 4.69) is 10.8 Å². The molecule has 0 amide bonds. The molecule has 2 nitrogen and oxygen atoms in total. The fourth-order valence-electron chi connectivity index (χ4n) is 1.66. The molecule has 0 aromatic carbocycles. The Balaban J connectivity index is 2.15. The first-order valence-electron chi connectivity index (χ1n) is 5.02. The fourth-order valence-corrected chi connectivity index (χ4v) is 1.66. The summed E-state index contributed by atoms with van der Waals surface area (Å²) in [4.78, 5) is 2.38. The molecule has 0 aromatic heterocycles. The zero-order valence-corrected chi connectivity index (χ0v) is 8.42. The average Bonchev–Trinajstić information content (AvgIpc) is 2.08. The van der Waals surface area contributed by atoms with Crippen LogP contribution in [0.15, 0.2) is 0 Å². The van der Waals surface area contributed by atoms with Gasteiger partial charge in [0.15, 0.2) is 0 Å². The summed E-state index contributed by atoms with van der Waals surface area (Å²) in [6.07, 6.45) is 8.91. The summed E-state index contributed by atoms with van der Waals surface area (Å²) in [5.74, 6) is 2.65. The second-order valence-corrected chi connectivity index (χ2v) is 4.15. The molecule has 0 radical (unpaired) electrons. The van der Waals surface area contributed by atoms with Crippen LogP contribution in [0.4, 0.5) is 0 Å². The van der Waals surface area contributed by atoms with E-state index in [0.717, 1.165) is 45.3 Å². The van der Waals surface area contributed by atoms with Gasteiger partial charge >= 0.3 is 0 Å². The maximum atomic E-state index is 9.70. The minimum Gasteiger partial charge on any atom is -0.390 e. The number of piperidine rings is 1. The van der Waals surface area contributed by atoms with Gasteiger partial charge in [0.1, 0.15) is 0 Å². The summed E-state index contributed by atoms with van der Waals surface area (Å²) >= 11 is 0. The van der Waals surface area contributed by atoms with Gasteiger partial charge in [-0.05, 0) is 32.7 Å². The van der Waals surface area contributed by atoms with E-state index in [1.54, 1.807) is 0 Å². The standard InChI is InChI=1S/C11H19NO/c1-3-4-5-8-12-9-6-11(2,13)7-10-12/h1,13H,4-10H2,2H3.